The highest BCUT2D eigenvalue weighted by Crippen LogP contribution is 2.26. The lowest BCUT2D eigenvalue weighted by Crippen LogP contribution is -2.36. The van der Waals surface area contributed by atoms with E-state index in [2.05, 4.69) is 52.8 Å². The second kappa shape index (κ2) is 21.8. The van der Waals surface area contributed by atoms with Crippen molar-refractivity contribution in [3.8, 4) is 0 Å². The minimum Gasteiger partial charge on any atom is -0.339 e. The quantitative estimate of drug-likeness (QED) is 0.164. The zero-order valence-corrected chi connectivity index (χ0v) is 35.0. The fourth-order valence-corrected chi connectivity index (χ4v) is 5.65. The monoisotopic (exact) mass is 727 g/mol. The lowest BCUT2D eigenvalue weighted by atomic mass is 9.93. The Morgan fingerprint density at radius 1 is 0.623 bits per heavy atom. The standard InChI is InChI=1S/2C15H21NO2.C15H23NO/c1-10(2)12-6-7-13(9-17)14(8-12)15(18)16(5)11(3)4;1-10(2)13-8-6-7-12(5)14(13)15(18)16(9-17)11(3)4;1-11(2)14-8-6-7-13(5)15(14)9-16(10-17)12(3)4/h2*6-11H,1-5H3;6-8,10-12H,9H2,1-5H3. The summed E-state index contributed by atoms with van der Waals surface area (Å²) < 4.78 is 0. The molecule has 0 N–H and O–H groups in total. The number of hydrogen-bond acceptors (Lipinski definition) is 5. The molecule has 0 aliphatic rings. The molecule has 3 rings (SSSR count). The first-order chi connectivity index (χ1) is 24.7. The molecule has 4 amide bonds. The van der Waals surface area contributed by atoms with Gasteiger partial charge in [-0.2, -0.15) is 0 Å². The van der Waals surface area contributed by atoms with Crippen LogP contribution in [0.4, 0.5) is 0 Å². The first-order valence-corrected chi connectivity index (χ1v) is 18.8. The van der Waals surface area contributed by atoms with Crippen molar-refractivity contribution >= 4 is 30.9 Å². The highest BCUT2D eigenvalue weighted by Gasteiger charge is 2.23. The van der Waals surface area contributed by atoms with Gasteiger partial charge in [-0.05, 0) is 113 Å². The van der Waals surface area contributed by atoms with Crippen molar-refractivity contribution in [2.45, 2.75) is 139 Å². The Hall–Kier alpha value is -4.59. The second-order valence-electron chi connectivity index (χ2n) is 15.4. The van der Waals surface area contributed by atoms with E-state index in [-0.39, 0.29) is 35.9 Å². The van der Waals surface area contributed by atoms with Gasteiger partial charge < -0.3 is 9.80 Å². The normalized spacial score (nSPS) is 10.9. The predicted octanol–water partition coefficient (Wildman–Crippen LogP) is 9.71. The third-order valence-corrected chi connectivity index (χ3v) is 9.45. The van der Waals surface area contributed by atoms with Gasteiger partial charge in [-0.1, -0.05) is 90.1 Å². The molecule has 0 spiro atoms. The van der Waals surface area contributed by atoms with Crippen molar-refractivity contribution in [2.75, 3.05) is 7.05 Å². The Morgan fingerprint density at radius 2 is 1.17 bits per heavy atom. The number of imide groups is 1. The minimum absolute atomic E-state index is 0.102. The molecule has 0 fully saturated rings. The molecular weight excluding hydrogens is 663 g/mol. The Labute approximate surface area is 319 Å². The second-order valence-corrected chi connectivity index (χ2v) is 15.4. The zero-order chi connectivity index (χ0) is 40.7. The first kappa shape index (κ1) is 46.4. The lowest BCUT2D eigenvalue weighted by Gasteiger charge is -2.25. The molecule has 0 unspecified atom stereocenters. The maximum Gasteiger partial charge on any atom is 0.261 e. The van der Waals surface area contributed by atoms with Gasteiger partial charge in [0.25, 0.3) is 11.8 Å². The summed E-state index contributed by atoms with van der Waals surface area (Å²) in [6, 6.07) is 17.9. The minimum atomic E-state index is -0.207. The summed E-state index contributed by atoms with van der Waals surface area (Å²) in [6.07, 6.45) is 2.30. The molecule has 0 atom stereocenters. The van der Waals surface area contributed by atoms with Crippen LogP contribution < -0.4 is 0 Å². The van der Waals surface area contributed by atoms with Gasteiger partial charge in [0.1, 0.15) is 0 Å². The Kier molecular flexibility index (Phi) is 19.1. The summed E-state index contributed by atoms with van der Waals surface area (Å²) in [5, 5.41) is 0. The number of amides is 4. The van der Waals surface area contributed by atoms with E-state index in [1.165, 1.54) is 21.6 Å². The fourth-order valence-electron chi connectivity index (χ4n) is 5.65. The van der Waals surface area contributed by atoms with E-state index in [0.29, 0.717) is 41.5 Å². The van der Waals surface area contributed by atoms with Crippen LogP contribution in [0, 0.1) is 13.8 Å². The molecule has 0 saturated carbocycles. The molecule has 53 heavy (non-hydrogen) atoms. The van der Waals surface area contributed by atoms with Crippen LogP contribution in [0.25, 0.3) is 0 Å². The number of nitrogens with zero attached hydrogens (tertiary/aromatic N) is 3. The molecule has 0 heterocycles. The molecule has 0 aliphatic carbocycles. The Balaban J connectivity index is 0.000000398. The highest BCUT2D eigenvalue weighted by molar-refractivity contribution is 6.03. The van der Waals surface area contributed by atoms with Crippen LogP contribution in [0.15, 0.2) is 54.6 Å². The summed E-state index contributed by atoms with van der Waals surface area (Å²) in [5.41, 5.74) is 8.49. The highest BCUT2D eigenvalue weighted by atomic mass is 16.2. The number of benzene rings is 3. The van der Waals surface area contributed by atoms with E-state index in [0.717, 1.165) is 29.4 Å². The van der Waals surface area contributed by atoms with Crippen LogP contribution in [-0.2, 0) is 16.1 Å². The van der Waals surface area contributed by atoms with Gasteiger partial charge >= 0.3 is 0 Å². The zero-order valence-electron chi connectivity index (χ0n) is 35.0. The van der Waals surface area contributed by atoms with Crippen molar-refractivity contribution in [3.05, 3.63) is 105 Å². The Bertz CT molecular complexity index is 1670. The summed E-state index contributed by atoms with van der Waals surface area (Å²) in [4.78, 5) is 62.7. The van der Waals surface area contributed by atoms with Crippen molar-refractivity contribution in [2.24, 2.45) is 0 Å². The Morgan fingerprint density at radius 3 is 1.60 bits per heavy atom. The number of aldehydes is 1. The molecule has 0 radical (unpaired) electrons. The number of carbonyl (C=O) groups excluding carboxylic acids is 5. The average Bonchev–Trinajstić information content (AvgIpc) is 3.10. The fraction of sp³-hybridized carbons (Fsp3) is 0.489. The summed E-state index contributed by atoms with van der Waals surface area (Å²) in [6.45, 7) is 29.0. The molecule has 3 aromatic rings. The molecule has 0 saturated heterocycles. The van der Waals surface area contributed by atoms with Crippen LogP contribution in [0.3, 0.4) is 0 Å². The van der Waals surface area contributed by atoms with Gasteiger partial charge in [-0.15, -0.1) is 0 Å². The van der Waals surface area contributed by atoms with Crippen molar-refractivity contribution in [3.63, 3.8) is 0 Å². The van der Waals surface area contributed by atoms with Gasteiger partial charge in [-0.25, -0.2) is 0 Å². The molecule has 0 aromatic heterocycles. The van der Waals surface area contributed by atoms with Gasteiger partial charge in [0.05, 0.1) is 5.56 Å². The number of rotatable bonds is 13. The lowest BCUT2D eigenvalue weighted by molar-refractivity contribution is -0.120. The molecule has 8 nitrogen and oxygen atoms in total. The molecule has 0 aliphatic heterocycles. The average molecular weight is 728 g/mol. The molecule has 290 valence electrons. The summed E-state index contributed by atoms with van der Waals surface area (Å²) >= 11 is 0. The van der Waals surface area contributed by atoms with Crippen LogP contribution in [0.1, 0.15) is 165 Å². The predicted molar refractivity (Wildman–Crippen MR) is 218 cm³/mol. The SMILES string of the molecule is CC(C)c1ccc(C=O)c(C(=O)N(C)C(C)C)c1.Cc1cccc(C(C)C)c1C(=O)N(C=O)C(C)C.Cc1cccc(C(C)C)c1CN(C=O)C(C)C. The van der Waals surface area contributed by atoms with Crippen LogP contribution in [0.2, 0.25) is 0 Å². The van der Waals surface area contributed by atoms with Gasteiger partial charge in [0, 0.05) is 42.8 Å². The van der Waals surface area contributed by atoms with Crippen molar-refractivity contribution in [1.82, 2.24) is 14.7 Å². The van der Waals surface area contributed by atoms with Gasteiger partial charge in [0.15, 0.2) is 6.29 Å². The summed E-state index contributed by atoms with van der Waals surface area (Å²) in [5.74, 6) is 0.771. The molecule has 3 aromatic carbocycles. The molecule has 8 heteroatoms. The number of aryl methyl sites for hydroxylation is 2. The van der Waals surface area contributed by atoms with E-state index in [4.69, 9.17) is 0 Å². The van der Waals surface area contributed by atoms with E-state index < -0.39 is 0 Å². The topological polar surface area (TPSA) is 95.1 Å². The third-order valence-electron chi connectivity index (χ3n) is 9.45. The van der Waals surface area contributed by atoms with E-state index in [9.17, 15) is 24.0 Å². The van der Waals surface area contributed by atoms with Gasteiger partial charge in [0.2, 0.25) is 12.8 Å². The third kappa shape index (κ3) is 13.1. The molecule has 0 bridgehead atoms. The number of carbonyl (C=O) groups is 5. The largest absolute Gasteiger partial charge is 0.339 e. The first-order valence-electron chi connectivity index (χ1n) is 18.8. The molecular formula is C45H65N3O5. The maximum absolute atomic E-state index is 12.5. The van der Waals surface area contributed by atoms with Crippen LogP contribution >= 0.6 is 0 Å². The number of hydrogen-bond donors (Lipinski definition) is 0. The van der Waals surface area contributed by atoms with E-state index >= 15 is 0 Å². The summed E-state index contributed by atoms with van der Waals surface area (Å²) in [7, 11) is 1.75. The maximum atomic E-state index is 12.5. The van der Waals surface area contributed by atoms with Crippen molar-refractivity contribution in [1.29, 1.82) is 0 Å². The van der Waals surface area contributed by atoms with Crippen LogP contribution in [0.5, 0.6) is 0 Å². The van der Waals surface area contributed by atoms with Crippen molar-refractivity contribution < 1.29 is 24.0 Å². The van der Waals surface area contributed by atoms with E-state index in [1.807, 2.05) is 97.5 Å². The van der Waals surface area contributed by atoms with E-state index in [1.54, 1.807) is 18.0 Å². The van der Waals surface area contributed by atoms with Crippen LogP contribution in [-0.4, -0.2) is 70.8 Å². The smallest absolute Gasteiger partial charge is 0.261 e. The van der Waals surface area contributed by atoms with Gasteiger partial charge in [-0.3, -0.25) is 28.9 Å².